The van der Waals surface area contributed by atoms with Crippen molar-refractivity contribution in [3.8, 4) is 5.75 Å². The van der Waals surface area contributed by atoms with Gasteiger partial charge in [-0.15, -0.1) is 0 Å². The van der Waals surface area contributed by atoms with E-state index in [0.29, 0.717) is 19.5 Å². The summed E-state index contributed by atoms with van der Waals surface area (Å²) in [5, 5.41) is 1.18. The predicted octanol–water partition coefficient (Wildman–Crippen LogP) is 6.35. The molecule has 2 aromatic carbocycles. The molecule has 1 heterocycles. The lowest BCUT2D eigenvalue weighted by atomic mass is 10.1. The molecule has 0 fully saturated rings. The Morgan fingerprint density at radius 3 is 2.41 bits per heavy atom. The topological polar surface area (TPSA) is 65.6 Å². The van der Waals surface area contributed by atoms with Gasteiger partial charge in [-0.05, 0) is 44.4 Å². The Bertz CT molecular complexity index is 1140. The van der Waals surface area contributed by atoms with Gasteiger partial charge >= 0.3 is 0 Å². The first kappa shape index (κ1) is 28.3. The number of unbranched alkanes of at least 4 members (excludes halogenated alkanes) is 4. The maximum Gasteiger partial charge on any atom is 0.242 e. The molecule has 0 atom stereocenters. The third kappa shape index (κ3) is 8.11. The van der Waals surface area contributed by atoms with Crippen LogP contribution in [0.25, 0.3) is 10.9 Å². The van der Waals surface area contributed by atoms with Gasteiger partial charge in [0.05, 0.1) is 13.7 Å². The number of methoxy groups -OCH3 is 1. The number of H-pyrrole nitrogens is 1. The van der Waals surface area contributed by atoms with Crippen LogP contribution in [0, 0.1) is 0 Å². The van der Waals surface area contributed by atoms with Crippen molar-refractivity contribution >= 4 is 22.7 Å². The van der Waals surface area contributed by atoms with Crippen molar-refractivity contribution in [3.63, 3.8) is 0 Å². The van der Waals surface area contributed by atoms with E-state index in [1.54, 1.807) is 12.0 Å². The molecule has 1 aromatic heterocycles. The summed E-state index contributed by atoms with van der Waals surface area (Å²) in [6.07, 6.45) is 8.72. The Morgan fingerprint density at radius 2 is 1.65 bits per heavy atom. The Balaban J connectivity index is 1.73. The maximum atomic E-state index is 13.7. The minimum absolute atomic E-state index is 0.0335. The van der Waals surface area contributed by atoms with E-state index in [1.165, 1.54) is 23.8 Å². The fourth-order valence-electron chi connectivity index (χ4n) is 4.75. The van der Waals surface area contributed by atoms with Crippen LogP contribution in [0.5, 0.6) is 5.75 Å². The number of amides is 2. The molecule has 2 amide bonds. The molecule has 200 valence electrons. The van der Waals surface area contributed by atoms with Crippen molar-refractivity contribution < 1.29 is 14.3 Å². The first-order valence-corrected chi connectivity index (χ1v) is 13.7. The highest BCUT2D eigenvalue weighted by Crippen LogP contribution is 2.22. The highest BCUT2D eigenvalue weighted by molar-refractivity contribution is 5.85. The summed E-state index contributed by atoms with van der Waals surface area (Å²) in [6, 6.07) is 16.0. The lowest BCUT2D eigenvalue weighted by Gasteiger charge is -2.30. The molecule has 0 aliphatic rings. The zero-order valence-electron chi connectivity index (χ0n) is 23.0. The number of fused-ring (bicyclic) bond motifs is 1. The number of aromatic nitrogens is 1. The van der Waals surface area contributed by atoms with Crippen LogP contribution in [0.3, 0.4) is 0 Å². The molecule has 0 saturated carbocycles. The molecule has 0 unspecified atom stereocenters. The summed E-state index contributed by atoms with van der Waals surface area (Å²) in [4.78, 5) is 33.7. The van der Waals surface area contributed by atoms with Gasteiger partial charge in [-0.2, -0.15) is 0 Å². The number of benzene rings is 2. The molecule has 0 aliphatic heterocycles. The molecule has 3 aromatic rings. The molecule has 6 nitrogen and oxygen atoms in total. The molecule has 0 radical (unpaired) electrons. The lowest BCUT2D eigenvalue weighted by molar-refractivity contribution is -0.142. The number of carbonyl (C=O) groups is 2. The van der Waals surface area contributed by atoms with E-state index in [0.717, 1.165) is 42.5 Å². The predicted molar refractivity (Wildman–Crippen MR) is 151 cm³/mol. The van der Waals surface area contributed by atoms with E-state index in [1.807, 2.05) is 61.3 Å². The third-order valence-electron chi connectivity index (χ3n) is 6.98. The fourth-order valence-corrected chi connectivity index (χ4v) is 4.75. The number of nitrogens with one attached hydrogen (secondary N) is 1. The van der Waals surface area contributed by atoms with Crippen molar-refractivity contribution in [1.82, 2.24) is 14.8 Å². The quantitative estimate of drug-likeness (QED) is 0.245. The average Bonchev–Trinajstić information content (AvgIpc) is 3.32. The number of hydrogen-bond acceptors (Lipinski definition) is 3. The van der Waals surface area contributed by atoms with Gasteiger partial charge in [-0.25, -0.2) is 0 Å². The van der Waals surface area contributed by atoms with Crippen molar-refractivity contribution in [2.75, 3.05) is 20.2 Å². The van der Waals surface area contributed by atoms with Crippen LogP contribution in [0.4, 0.5) is 0 Å². The molecule has 1 N–H and O–H groups in total. The molecule has 6 heteroatoms. The van der Waals surface area contributed by atoms with Gasteiger partial charge in [0.15, 0.2) is 0 Å². The normalized spacial score (nSPS) is 11.2. The van der Waals surface area contributed by atoms with E-state index in [2.05, 4.69) is 24.0 Å². The first-order chi connectivity index (χ1) is 17.9. The van der Waals surface area contributed by atoms with Crippen molar-refractivity contribution in [3.05, 3.63) is 65.9 Å². The highest BCUT2D eigenvalue weighted by atomic mass is 16.5. The zero-order chi connectivity index (χ0) is 26.6. The largest absolute Gasteiger partial charge is 0.496 e. The molecule has 0 aliphatic carbocycles. The van der Waals surface area contributed by atoms with E-state index in [9.17, 15) is 9.59 Å². The van der Waals surface area contributed by atoms with Crippen molar-refractivity contribution in [2.24, 2.45) is 0 Å². The van der Waals surface area contributed by atoms with Crippen LogP contribution in [0.2, 0.25) is 0 Å². The van der Waals surface area contributed by atoms with Crippen molar-refractivity contribution in [2.45, 2.75) is 78.3 Å². The Morgan fingerprint density at radius 1 is 0.919 bits per heavy atom. The van der Waals surface area contributed by atoms with Gasteiger partial charge in [0, 0.05) is 48.2 Å². The van der Waals surface area contributed by atoms with E-state index >= 15 is 0 Å². The minimum atomic E-state index is -0.0428. The Labute approximate surface area is 222 Å². The van der Waals surface area contributed by atoms with Gasteiger partial charge in [0.2, 0.25) is 11.8 Å². The summed E-state index contributed by atoms with van der Waals surface area (Å²) in [7, 11) is 1.65. The second kappa shape index (κ2) is 14.5. The van der Waals surface area contributed by atoms with Crippen LogP contribution in [0.15, 0.2) is 54.7 Å². The van der Waals surface area contributed by atoms with Gasteiger partial charge in [0.25, 0.3) is 0 Å². The van der Waals surface area contributed by atoms with Crippen LogP contribution < -0.4 is 4.74 Å². The van der Waals surface area contributed by atoms with Crippen LogP contribution in [-0.4, -0.2) is 52.8 Å². The average molecular weight is 506 g/mol. The molecule has 3 rings (SSSR count). The second-order valence-corrected chi connectivity index (χ2v) is 10.0. The fraction of sp³-hybridized carbons (Fsp3) is 0.484. The number of para-hydroxylation sites is 2. The number of nitrogens with zero attached hydrogens (tertiary/aromatic N) is 2. The summed E-state index contributed by atoms with van der Waals surface area (Å²) >= 11 is 0. The summed E-state index contributed by atoms with van der Waals surface area (Å²) in [5.74, 6) is 0.781. The number of rotatable bonds is 15. The van der Waals surface area contributed by atoms with E-state index in [4.69, 9.17) is 4.74 Å². The summed E-state index contributed by atoms with van der Waals surface area (Å²) in [5.41, 5.74) is 3.23. The molecule has 0 bridgehead atoms. The minimum Gasteiger partial charge on any atom is -0.496 e. The van der Waals surface area contributed by atoms with E-state index in [-0.39, 0.29) is 24.4 Å². The number of hydrogen-bond donors (Lipinski definition) is 1. The standard InChI is InChI=1S/C31H43N3O3/c1-5-6-7-8-9-18-30(35)34(24(2)3)23-31(36)33(22-26-14-10-13-17-29(26)37-4)20-19-25-21-32-28-16-12-11-15-27(25)28/h10-17,21,24,32H,5-9,18-20,22-23H2,1-4H3. The number of ether oxygens (including phenoxy) is 1. The zero-order valence-corrected chi connectivity index (χ0v) is 23.0. The summed E-state index contributed by atoms with van der Waals surface area (Å²) in [6.45, 7) is 7.23. The highest BCUT2D eigenvalue weighted by Gasteiger charge is 2.24. The Kier molecular flexibility index (Phi) is 11.1. The third-order valence-corrected chi connectivity index (χ3v) is 6.98. The van der Waals surface area contributed by atoms with Crippen LogP contribution >= 0.6 is 0 Å². The molecular weight excluding hydrogens is 462 g/mol. The van der Waals surface area contributed by atoms with Gasteiger partial charge in [-0.3, -0.25) is 9.59 Å². The Hall–Kier alpha value is -3.28. The number of carbonyl (C=O) groups excluding carboxylic acids is 2. The van der Waals surface area contributed by atoms with Crippen LogP contribution in [0.1, 0.15) is 70.4 Å². The van der Waals surface area contributed by atoms with Gasteiger partial charge in [-0.1, -0.05) is 69.0 Å². The molecular formula is C31H43N3O3. The van der Waals surface area contributed by atoms with Gasteiger partial charge in [0.1, 0.15) is 5.75 Å². The van der Waals surface area contributed by atoms with Gasteiger partial charge < -0.3 is 19.5 Å². The molecule has 0 spiro atoms. The van der Waals surface area contributed by atoms with Crippen molar-refractivity contribution in [1.29, 1.82) is 0 Å². The number of aromatic amines is 1. The monoisotopic (exact) mass is 505 g/mol. The SMILES string of the molecule is CCCCCCCC(=O)N(CC(=O)N(CCc1c[nH]c2ccccc12)Cc1ccccc1OC)C(C)C. The molecule has 37 heavy (non-hydrogen) atoms. The molecule has 0 saturated heterocycles. The lowest BCUT2D eigenvalue weighted by Crippen LogP contribution is -2.46. The van der Waals surface area contributed by atoms with Crippen LogP contribution in [-0.2, 0) is 22.6 Å². The summed E-state index contributed by atoms with van der Waals surface area (Å²) < 4.78 is 5.56. The maximum absolute atomic E-state index is 13.7. The smallest absolute Gasteiger partial charge is 0.242 e. The first-order valence-electron chi connectivity index (χ1n) is 13.7. The van der Waals surface area contributed by atoms with E-state index < -0.39 is 0 Å². The second-order valence-electron chi connectivity index (χ2n) is 10.0.